The summed E-state index contributed by atoms with van der Waals surface area (Å²) >= 11 is 1.03. The topological polar surface area (TPSA) is 61.8 Å². The van der Waals surface area contributed by atoms with Gasteiger partial charge in [-0.2, -0.15) is 13.2 Å². The van der Waals surface area contributed by atoms with Gasteiger partial charge in [0.1, 0.15) is 0 Å². The molecule has 166 valence electrons. The molecule has 10 heteroatoms. The molecule has 0 bridgehead atoms. The summed E-state index contributed by atoms with van der Waals surface area (Å²) in [6.07, 6.45) is -1.75. The van der Waals surface area contributed by atoms with Gasteiger partial charge >= 0.3 is 6.18 Å². The molecular formula is C19H32F3N5OS. The Morgan fingerprint density at radius 3 is 2.52 bits per heavy atom. The molecule has 0 aliphatic carbocycles. The monoisotopic (exact) mass is 435 g/mol. The lowest BCUT2D eigenvalue weighted by Crippen LogP contribution is -2.53. The second-order valence-corrected chi connectivity index (χ2v) is 7.99. The molecule has 2 rings (SSSR count). The zero-order chi connectivity index (χ0) is 21.3. The van der Waals surface area contributed by atoms with E-state index in [1.54, 1.807) is 7.05 Å². The minimum absolute atomic E-state index is 0.390. The van der Waals surface area contributed by atoms with Gasteiger partial charge in [-0.3, -0.25) is 9.89 Å². The standard InChI is InChI=1S/C19H32F3N5OS/c1-4-14(5-2)15(27-8-10-28-11-9-27)12-25-18(23-3)24-7-6-17-26-16(13-29-17)19(20,21)22/h13-15H,4-12H2,1-3H3,(H2,23,24,25). The molecule has 1 saturated heterocycles. The average molecular weight is 436 g/mol. The van der Waals surface area contributed by atoms with Crippen LogP contribution in [0.25, 0.3) is 0 Å². The number of morpholine rings is 1. The van der Waals surface area contributed by atoms with Gasteiger partial charge in [0.2, 0.25) is 0 Å². The molecule has 0 spiro atoms. The molecule has 29 heavy (non-hydrogen) atoms. The number of aromatic nitrogens is 1. The van der Waals surface area contributed by atoms with Gasteiger partial charge in [0.05, 0.1) is 18.2 Å². The third kappa shape index (κ3) is 7.42. The zero-order valence-corrected chi connectivity index (χ0v) is 18.2. The van der Waals surface area contributed by atoms with Crippen molar-refractivity contribution in [2.45, 2.75) is 45.3 Å². The van der Waals surface area contributed by atoms with E-state index in [2.05, 4.69) is 39.4 Å². The smallest absolute Gasteiger partial charge is 0.379 e. The number of guanidine groups is 1. The number of thiazole rings is 1. The van der Waals surface area contributed by atoms with Crippen molar-refractivity contribution >= 4 is 17.3 Å². The highest BCUT2D eigenvalue weighted by Crippen LogP contribution is 2.30. The molecule has 6 nitrogen and oxygen atoms in total. The molecule has 0 amide bonds. The summed E-state index contributed by atoms with van der Waals surface area (Å²) in [6, 6.07) is 0.390. The van der Waals surface area contributed by atoms with E-state index in [-0.39, 0.29) is 0 Å². The number of nitrogens with one attached hydrogen (secondary N) is 2. The van der Waals surface area contributed by atoms with E-state index in [1.807, 2.05) is 0 Å². The maximum Gasteiger partial charge on any atom is 0.434 e. The Kier molecular flexibility index (Phi) is 9.64. The van der Waals surface area contributed by atoms with Crippen LogP contribution in [0.1, 0.15) is 37.4 Å². The van der Waals surface area contributed by atoms with E-state index in [4.69, 9.17) is 4.74 Å². The van der Waals surface area contributed by atoms with Gasteiger partial charge in [-0.25, -0.2) is 4.98 Å². The van der Waals surface area contributed by atoms with Gasteiger partial charge in [-0.15, -0.1) is 11.3 Å². The highest BCUT2D eigenvalue weighted by molar-refractivity contribution is 7.09. The predicted octanol–water partition coefficient (Wildman–Crippen LogP) is 3.01. The van der Waals surface area contributed by atoms with Crippen LogP contribution in [-0.2, 0) is 17.3 Å². The molecule has 1 aromatic heterocycles. The number of hydrogen-bond acceptors (Lipinski definition) is 5. The number of alkyl halides is 3. The van der Waals surface area contributed by atoms with Crippen LogP contribution >= 0.6 is 11.3 Å². The summed E-state index contributed by atoms with van der Waals surface area (Å²) in [5, 5.41) is 8.09. The molecule has 0 saturated carbocycles. The SMILES string of the molecule is CCC(CC)C(CNC(=NC)NCCc1nc(C(F)(F)F)cs1)N1CCOCC1. The number of rotatable bonds is 9. The maximum absolute atomic E-state index is 12.6. The van der Waals surface area contributed by atoms with Crippen LogP contribution in [0.5, 0.6) is 0 Å². The van der Waals surface area contributed by atoms with Crippen LogP contribution in [0.3, 0.4) is 0 Å². The Balaban J connectivity index is 1.84. The summed E-state index contributed by atoms with van der Waals surface area (Å²) in [6.45, 7) is 9.06. The summed E-state index contributed by atoms with van der Waals surface area (Å²) in [5.41, 5.74) is -0.821. The lowest BCUT2D eigenvalue weighted by molar-refractivity contribution is -0.140. The summed E-state index contributed by atoms with van der Waals surface area (Å²) < 4.78 is 43.4. The van der Waals surface area contributed by atoms with Crippen LogP contribution in [-0.4, -0.2) is 68.3 Å². The van der Waals surface area contributed by atoms with Crippen molar-refractivity contribution < 1.29 is 17.9 Å². The Hall–Kier alpha value is -1.39. The van der Waals surface area contributed by atoms with E-state index in [0.29, 0.717) is 35.9 Å². The fourth-order valence-corrected chi connectivity index (χ4v) is 4.41. The maximum atomic E-state index is 12.6. The number of ether oxygens (including phenoxy) is 1. The first-order valence-corrected chi connectivity index (χ1v) is 11.0. The predicted molar refractivity (Wildman–Crippen MR) is 110 cm³/mol. The fraction of sp³-hybridized carbons (Fsp3) is 0.789. The molecule has 1 atom stereocenters. The summed E-state index contributed by atoms with van der Waals surface area (Å²) in [5.74, 6) is 1.23. The van der Waals surface area contributed by atoms with Crippen molar-refractivity contribution in [3.63, 3.8) is 0 Å². The van der Waals surface area contributed by atoms with Crippen LogP contribution in [0, 0.1) is 5.92 Å². The Bertz CT molecular complexity index is 628. The number of halogens is 3. The van der Waals surface area contributed by atoms with E-state index in [1.165, 1.54) is 0 Å². The summed E-state index contributed by atoms with van der Waals surface area (Å²) in [4.78, 5) is 10.4. The molecule has 0 aromatic carbocycles. The molecular weight excluding hydrogens is 403 g/mol. The molecule has 1 fully saturated rings. The number of aliphatic imine (C=N–C) groups is 1. The van der Waals surface area contributed by atoms with Crippen LogP contribution in [0.15, 0.2) is 10.4 Å². The number of nitrogens with zero attached hydrogens (tertiary/aromatic N) is 3. The highest BCUT2D eigenvalue weighted by Gasteiger charge is 2.33. The Labute approximate surface area is 174 Å². The van der Waals surface area contributed by atoms with Crippen molar-refractivity contribution in [2.24, 2.45) is 10.9 Å². The van der Waals surface area contributed by atoms with Gasteiger partial charge in [-0.1, -0.05) is 26.7 Å². The third-order valence-electron chi connectivity index (χ3n) is 5.28. The Morgan fingerprint density at radius 2 is 1.97 bits per heavy atom. The van der Waals surface area contributed by atoms with Crippen molar-refractivity contribution in [2.75, 3.05) is 46.4 Å². The van der Waals surface area contributed by atoms with Crippen LogP contribution < -0.4 is 10.6 Å². The van der Waals surface area contributed by atoms with E-state index < -0.39 is 11.9 Å². The molecule has 2 N–H and O–H groups in total. The first kappa shape index (κ1) is 23.9. The summed E-state index contributed by atoms with van der Waals surface area (Å²) in [7, 11) is 1.70. The van der Waals surface area contributed by atoms with Crippen molar-refractivity contribution in [1.29, 1.82) is 0 Å². The molecule has 1 aliphatic heterocycles. The minimum atomic E-state index is -4.39. The first-order chi connectivity index (χ1) is 13.9. The van der Waals surface area contributed by atoms with Gasteiger partial charge < -0.3 is 15.4 Å². The van der Waals surface area contributed by atoms with Crippen molar-refractivity contribution in [3.05, 3.63) is 16.1 Å². The van der Waals surface area contributed by atoms with Crippen molar-refractivity contribution in [3.8, 4) is 0 Å². The first-order valence-electron chi connectivity index (χ1n) is 10.2. The van der Waals surface area contributed by atoms with Crippen molar-refractivity contribution in [1.82, 2.24) is 20.5 Å². The number of hydrogen-bond donors (Lipinski definition) is 2. The second-order valence-electron chi connectivity index (χ2n) is 7.05. The van der Waals surface area contributed by atoms with E-state index in [9.17, 15) is 13.2 Å². The quantitative estimate of drug-likeness (QED) is 0.461. The van der Waals surface area contributed by atoms with Gasteiger partial charge in [-0.05, 0) is 5.92 Å². The highest BCUT2D eigenvalue weighted by atomic mass is 32.1. The normalized spacial score (nSPS) is 17.6. The largest absolute Gasteiger partial charge is 0.434 e. The average Bonchev–Trinajstić information content (AvgIpc) is 3.20. The third-order valence-corrected chi connectivity index (χ3v) is 6.19. The van der Waals surface area contributed by atoms with Gasteiger partial charge in [0, 0.05) is 51.1 Å². The molecule has 1 aliphatic rings. The van der Waals surface area contributed by atoms with Crippen LogP contribution in [0.2, 0.25) is 0 Å². The lowest BCUT2D eigenvalue weighted by atomic mass is 9.92. The van der Waals surface area contributed by atoms with Crippen LogP contribution in [0.4, 0.5) is 13.2 Å². The van der Waals surface area contributed by atoms with Gasteiger partial charge in [0.15, 0.2) is 11.7 Å². The second kappa shape index (κ2) is 11.7. The molecule has 2 heterocycles. The Morgan fingerprint density at radius 1 is 1.28 bits per heavy atom. The molecule has 1 unspecified atom stereocenters. The van der Waals surface area contributed by atoms with E-state index in [0.717, 1.165) is 62.4 Å². The lowest BCUT2D eigenvalue weighted by Gasteiger charge is -2.39. The molecule has 1 aromatic rings. The van der Waals surface area contributed by atoms with E-state index >= 15 is 0 Å². The minimum Gasteiger partial charge on any atom is -0.379 e. The molecule has 0 radical (unpaired) electrons. The van der Waals surface area contributed by atoms with Gasteiger partial charge in [0.25, 0.3) is 0 Å². The fourth-order valence-electron chi connectivity index (χ4n) is 3.60. The zero-order valence-electron chi connectivity index (χ0n) is 17.4.